The molecule has 0 unspecified atom stereocenters. The van der Waals surface area contributed by atoms with E-state index in [1.807, 2.05) is 13.8 Å². The van der Waals surface area contributed by atoms with Gasteiger partial charge >= 0.3 is 0 Å². The van der Waals surface area contributed by atoms with Gasteiger partial charge < -0.3 is 10.0 Å². The van der Waals surface area contributed by atoms with Crippen LogP contribution in [0, 0.1) is 5.92 Å². The Labute approximate surface area is 107 Å². The Kier molecular flexibility index (Phi) is 3.61. The number of rotatable bonds is 2. The van der Waals surface area contributed by atoms with Crippen LogP contribution in [-0.2, 0) is 0 Å². The van der Waals surface area contributed by atoms with E-state index in [-0.39, 0.29) is 11.8 Å². The highest BCUT2D eigenvalue weighted by molar-refractivity contribution is 5.92. The quantitative estimate of drug-likeness (QED) is 0.852. The number of carbonyl (C=O) groups excluding carboxylic acids is 1. The molecule has 1 amide bonds. The first-order chi connectivity index (χ1) is 8.54. The third kappa shape index (κ3) is 2.51. The standard InChI is InChI=1S/C13H19N3O2/c1-3-10-9-16(7-4-13(10,2)18)12(17)11-8-14-5-6-15-11/h5-6,8,10,18H,3-4,7,9H2,1-2H3/t10-,13+/m0/s1. The predicted molar refractivity (Wildman–Crippen MR) is 67.0 cm³/mol. The first-order valence-electron chi connectivity index (χ1n) is 6.32. The van der Waals surface area contributed by atoms with Gasteiger partial charge in [-0.3, -0.25) is 9.78 Å². The minimum Gasteiger partial charge on any atom is -0.390 e. The summed E-state index contributed by atoms with van der Waals surface area (Å²) in [4.78, 5) is 21.9. The highest BCUT2D eigenvalue weighted by Crippen LogP contribution is 2.30. The van der Waals surface area contributed by atoms with E-state index in [1.54, 1.807) is 11.1 Å². The molecule has 5 heteroatoms. The number of hydrogen-bond donors (Lipinski definition) is 1. The summed E-state index contributed by atoms with van der Waals surface area (Å²) in [6.07, 6.45) is 6.02. The molecule has 2 atom stereocenters. The van der Waals surface area contributed by atoms with E-state index >= 15 is 0 Å². The molecule has 0 spiro atoms. The topological polar surface area (TPSA) is 66.3 Å². The number of likely N-dealkylation sites (tertiary alicyclic amines) is 1. The molecule has 0 aliphatic carbocycles. The molecule has 1 aliphatic rings. The normalized spacial score (nSPS) is 28.2. The van der Waals surface area contributed by atoms with Crippen molar-refractivity contribution in [3.63, 3.8) is 0 Å². The van der Waals surface area contributed by atoms with E-state index < -0.39 is 5.60 Å². The largest absolute Gasteiger partial charge is 0.390 e. The molecule has 0 saturated carbocycles. The van der Waals surface area contributed by atoms with Gasteiger partial charge in [-0.2, -0.15) is 0 Å². The van der Waals surface area contributed by atoms with E-state index in [4.69, 9.17) is 0 Å². The second-order valence-electron chi connectivity index (χ2n) is 5.05. The molecule has 1 aliphatic heterocycles. The molecule has 0 radical (unpaired) electrons. The molecule has 1 saturated heterocycles. The predicted octanol–water partition coefficient (Wildman–Crippen LogP) is 1.10. The molecule has 2 rings (SSSR count). The van der Waals surface area contributed by atoms with Crippen LogP contribution in [0.4, 0.5) is 0 Å². The molecule has 0 aromatic carbocycles. The number of aliphatic hydroxyl groups is 1. The zero-order valence-corrected chi connectivity index (χ0v) is 10.8. The fourth-order valence-electron chi connectivity index (χ4n) is 2.44. The number of hydrogen-bond acceptors (Lipinski definition) is 4. The van der Waals surface area contributed by atoms with Gasteiger partial charge in [-0.05, 0) is 19.8 Å². The summed E-state index contributed by atoms with van der Waals surface area (Å²) in [5, 5.41) is 10.2. The van der Waals surface area contributed by atoms with Gasteiger partial charge in [0.1, 0.15) is 5.69 Å². The van der Waals surface area contributed by atoms with E-state index in [2.05, 4.69) is 9.97 Å². The van der Waals surface area contributed by atoms with Gasteiger partial charge in [-0.1, -0.05) is 6.92 Å². The number of aromatic nitrogens is 2. The van der Waals surface area contributed by atoms with Crippen molar-refractivity contribution >= 4 is 5.91 Å². The Bertz CT molecular complexity index is 420. The van der Waals surface area contributed by atoms with Crippen molar-refractivity contribution in [2.45, 2.75) is 32.3 Å². The monoisotopic (exact) mass is 249 g/mol. The van der Waals surface area contributed by atoms with Crippen LogP contribution < -0.4 is 0 Å². The highest BCUT2D eigenvalue weighted by Gasteiger charge is 2.38. The second kappa shape index (κ2) is 5.02. The van der Waals surface area contributed by atoms with Crippen molar-refractivity contribution in [2.24, 2.45) is 5.92 Å². The molecule has 1 fully saturated rings. The molecular formula is C13H19N3O2. The smallest absolute Gasteiger partial charge is 0.274 e. The SMILES string of the molecule is CC[C@H]1CN(C(=O)c2cnccn2)CC[C@@]1(C)O. The third-order valence-electron chi connectivity index (χ3n) is 3.77. The van der Waals surface area contributed by atoms with Gasteiger partial charge in [0.05, 0.1) is 11.8 Å². The van der Waals surface area contributed by atoms with E-state index in [1.165, 1.54) is 12.4 Å². The van der Waals surface area contributed by atoms with Gasteiger partial charge in [-0.25, -0.2) is 4.98 Å². The lowest BCUT2D eigenvalue weighted by Crippen LogP contribution is -2.51. The van der Waals surface area contributed by atoms with Crippen molar-refractivity contribution in [1.29, 1.82) is 0 Å². The Balaban J connectivity index is 2.10. The summed E-state index contributed by atoms with van der Waals surface area (Å²) in [5.74, 6) is 0.0175. The summed E-state index contributed by atoms with van der Waals surface area (Å²) in [7, 11) is 0. The van der Waals surface area contributed by atoms with Crippen LogP contribution in [0.5, 0.6) is 0 Å². The average Bonchev–Trinajstić information content (AvgIpc) is 2.39. The number of nitrogens with zero attached hydrogens (tertiary/aromatic N) is 3. The van der Waals surface area contributed by atoms with Crippen LogP contribution in [0.3, 0.4) is 0 Å². The third-order valence-corrected chi connectivity index (χ3v) is 3.77. The van der Waals surface area contributed by atoms with Crippen LogP contribution in [0.15, 0.2) is 18.6 Å². The fraction of sp³-hybridized carbons (Fsp3) is 0.615. The summed E-state index contributed by atoms with van der Waals surface area (Å²) < 4.78 is 0. The number of piperidine rings is 1. The lowest BCUT2D eigenvalue weighted by molar-refractivity contribution is -0.0522. The van der Waals surface area contributed by atoms with E-state index in [0.29, 0.717) is 25.2 Å². The lowest BCUT2D eigenvalue weighted by Gasteiger charge is -2.42. The molecule has 18 heavy (non-hydrogen) atoms. The van der Waals surface area contributed by atoms with Crippen LogP contribution in [0.1, 0.15) is 37.2 Å². The fourth-order valence-corrected chi connectivity index (χ4v) is 2.44. The molecular weight excluding hydrogens is 230 g/mol. The van der Waals surface area contributed by atoms with Crippen molar-refractivity contribution < 1.29 is 9.90 Å². The molecule has 1 aromatic rings. The van der Waals surface area contributed by atoms with Gasteiger partial charge in [0.15, 0.2) is 0 Å². The van der Waals surface area contributed by atoms with Crippen molar-refractivity contribution in [3.8, 4) is 0 Å². The second-order valence-corrected chi connectivity index (χ2v) is 5.05. The lowest BCUT2D eigenvalue weighted by atomic mass is 9.81. The Hall–Kier alpha value is -1.49. The minimum atomic E-state index is -0.673. The Morgan fingerprint density at radius 1 is 1.61 bits per heavy atom. The summed E-state index contributed by atoms with van der Waals surface area (Å²) >= 11 is 0. The first kappa shape index (κ1) is 13.0. The van der Waals surface area contributed by atoms with E-state index in [9.17, 15) is 9.90 Å². The van der Waals surface area contributed by atoms with Gasteiger partial charge in [0, 0.05) is 31.4 Å². The summed E-state index contributed by atoms with van der Waals surface area (Å²) in [6.45, 7) is 5.04. The zero-order chi connectivity index (χ0) is 13.2. The highest BCUT2D eigenvalue weighted by atomic mass is 16.3. The zero-order valence-electron chi connectivity index (χ0n) is 10.8. The Morgan fingerprint density at radius 3 is 3.00 bits per heavy atom. The van der Waals surface area contributed by atoms with Crippen LogP contribution >= 0.6 is 0 Å². The van der Waals surface area contributed by atoms with E-state index in [0.717, 1.165) is 6.42 Å². The van der Waals surface area contributed by atoms with Crippen LogP contribution in [0.25, 0.3) is 0 Å². The molecule has 1 aromatic heterocycles. The average molecular weight is 249 g/mol. The van der Waals surface area contributed by atoms with Crippen LogP contribution in [-0.4, -0.2) is 44.6 Å². The maximum Gasteiger partial charge on any atom is 0.274 e. The number of carbonyl (C=O) groups is 1. The van der Waals surface area contributed by atoms with Crippen molar-refractivity contribution in [2.75, 3.05) is 13.1 Å². The van der Waals surface area contributed by atoms with Crippen molar-refractivity contribution in [1.82, 2.24) is 14.9 Å². The molecule has 2 heterocycles. The number of amides is 1. The molecule has 1 N–H and O–H groups in total. The molecule has 5 nitrogen and oxygen atoms in total. The van der Waals surface area contributed by atoms with Gasteiger partial charge in [0.25, 0.3) is 5.91 Å². The van der Waals surface area contributed by atoms with Gasteiger partial charge in [0.2, 0.25) is 0 Å². The van der Waals surface area contributed by atoms with Crippen molar-refractivity contribution in [3.05, 3.63) is 24.3 Å². The van der Waals surface area contributed by atoms with Gasteiger partial charge in [-0.15, -0.1) is 0 Å². The minimum absolute atomic E-state index is 0.1000. The summed E-state index contributed by atoms with van der Waals surface area (Å²) in [6, 6.07) is 0. The van der Waals surface area contributed by atoms with Crippen LogP contribution in [0.2, 0.25) is 0 Å². The molecule has 98 valence electrons. The maximum absolute atomic E-state index is 12.2. The summed E-state index contributed by atoms with van der Waals surface area (Å²) in [5.41, 5.74) is -0.303. The molecule has 0 bridgehead atoms. The Morgan fingerprint density at radius 2 is 2.39 bits per heavy atom. The first-order valence-corrected chi connectivity index (χ1v) is 6.32. The maximum atomic E-state index is 12.2.